The number of likely N-dealkylation sites (N-methyl/N-ethyl adjacent to an activating group) is 1. The zero-order valence-electron chi connectivity index (χ0n) is 13.9. The lowest BCUT2D eigenvalue weighted by molar-refractivity contribution is -0.137. The first-order valence-corrected chi connectivity index (χ1v) is 8.06. The van der Waals surface area contributed by atoms with Gasteiger partial charge >= 0.3 is 6.18 Å². The number of halogens is 3. The number of ether oxygens (including phenoxy) is 1. The minimum absolute atomic E-state index is 0.0941. The summed E-state index contributed by atoms with van der Waals surface area (Å²) in [6.07, 6.45) is -3.02. The average Bonchev–Trinajstić information content (AvgIpc) is 2.44. The summed E-state index contributed by atoms with van der Waals surface area (Å²) < 4.78 is 57.6. The maximum Gasteiger partial charge on any atom is 0.416 e. The van der Waals surface area contributed by atoms with Crippen molar-refractivity contribution in [3.63, 3.8) is 0 Å². The van der Waals surface area contributed by atoms with Crippen molar-refractivity contribution >= 4 is 11.0 Å². The number of alkyl halides is 3. The monoisotopic (exact) mass is 349 g/mol. The second-order valence-corrected chi connectivity index (χ2v) is 8.38. The van der Waals surface area contributed by atoms with Crippen molar-refractivity contribution < 1.29 is 22.1 Å². The van der Waals surface area contributed by atoms with Gasteiger partial charge in [0.15, 0.2) is 0 Å². The number of nitrogens with zero attached hydrogens (tertiary/aromatic N) is 1. The molecule has 0 bridgehead atoms. The standard InChI is InChI=1S/C16H22F3NO2S/c1-7-14(20(5)23(21)15(2,3)4)11-8-12(16(17,18)19)10-13(9-11)22-6/h7-10,14H,1H2,2-6H3/t14-,23?/m1/s1. The first-order valence-electron chi connectivity index (χ1n) is 6.95. The number of benzene rings is 1. The molecular formula is C16H22F3NO2S. The fourth-order valence-corrected chi connectivity index (χ4v) is 3.38. The summed E-state index contributed by atoms with van der Waals surface area (Å²) in [5.41, 5.74) is -0.486. The SMILES string of the molecule is C=C[C@H](c1cc(OC)cc(C(F)(F)F)c1)N(C)S(=O)C(C)(C)C. The number of hydrogen-bond acceptors (Lipinski definition) is 2. The van der Waals surface area contributed by atoms with Crippen LogP contribution in [0.3, 0.4) is 0 Å². The Labute approximate surface area is 137 Å². The maximum atomic E-state index is 13.0. The summed E-state index contributed by atoms with van der Waals surface area (Å²) >= 11 is 0. The van der Waals surface area contributed by atoms with Gasteiger partial charge in [0.25, 0.3) is 0 Å². The van der Waals surface area contributed by atoms with Gasteiger partial charge in [-0.2, -0.15) is 13.2 Å². The van der Waals surface area contributed by atoms with E-state index in [2.05, 4.69) is 6.58 Å². The van der Waals surface area contributed by atoms with Crippen LogP contribution in [0.2, 0.25) is 0 Å². The molecule has 0 N–H and O–H groups in total. The van der Waals surface area contributed by atoms with Crippen molar-refractivity contribution in [1.29, 1.82) is 0 Å². The van der Waals surface area contributed by atoms with Crippen LogP contribution in [0.5, 0.6) is 5.75 Å². The van der Waals surface area contributed by atoms with E-state index in [-0.39, 0.29) is 5.75 Å². The molecule has 0 saturated heterocycles. The zero-order chi connectivity index (χ0) is 18.0. The van der Waals surface area contributed by atoms with Crippen molar-refractivity contribution in [3.8, 4) is 5.75 Å². The summed E-state index contributed by atoms with van der Waals surface area (Å²) in [7, 11) is 1.49. The first-order chi connectivity index (χ1) is 10.4. The van der Waals surface area contributed by atoms with Gasteiger partial charge in [-0.25, -0.2) is 8.51 Å². The molecule has 0 aliphatic carbocycles. The van der Waals surface area contributed by atoms with Crippen LogP contribution in [0.25, 0.3) is 0 Å². The molecule has 2 atom stereocenters. The van der Waals surface area contributed by atoms with Gasteiger partial charge in [0.05, 0.1) is 23.5 Å². The van der Waals surface area contributed by atoms with E-state index in [0.29, 0.717) is 5.56 Å². The highest BCUT2D eigenvalue weighted by molar-refractivity contribution is 7.84. The van der Waals surface area contributed by atoms with E-state index < -0.39 is 33.5 Å². The maximum absolute atomic E-state index is 13.0. The molecule has 0 heterocycles. The van der Waals surface area contributed by atoms with Gasteiger partial charge < -0.3 is 4.74 Å². The third kappa shape index (κ3) is 4.81. The van der Waals surface area contributed by atoms with E-state index in [1.54, 1.807) is 27.8 Å². The fraction of sp³-hybridized carbons (Fsp3) is 0.500. The molecule has 1 aromatic carbocycles. The zero-order valence-corrected chi connectivity index (χ0v) is 14.7. The molecule has 0 aliphatic heterocycles. The second-order valence-electron chi connectivity index (χ2n) is 6.08. The topological polar surface area (TPSA) is 29.5 Å². The van der Waals surface area contributed by atoms with E-state index in [4.69, 9.17) is 4.74 Å². The molecular weight excluding hydrogens is 327 g/mol. The fourth-order valence-electron chi connectivity index (χ4n) is 2.10. The van der Waals surface area contributed by atoms with Crippen molar-refractivity contribution in [2.24, 2.45) is 0 Å². The van der Waals surface area contributed by atoms with Crippen LogP contribution < -0.4 is 4.74 Å². The molecule has 130 valence electrons. The Kier molecular flexibility index (Phi) is 6.04. The highest BCUT2D eigenvalue weighted by Crippen LogP contribution is 2.36. The van der Waals surface area contributed by atoms with E-state index in [9.17, 15) is 17.4 Å². The first kappa shape index (κ1) is 19.7. The molecule has 3 nitrogen and oxygen atoms in total. The second kappa shape index (κ2) is 7.05. The van der Waals surface area contributed by atoms with Crippen LogP contribution in [-0.2, 0) is 17.2 Å². The molecule has 1 rings (SSSR count). The van der Waals surface area contributed by atoms with E-state index >= 15 is 0 Å². The van der Waals surface area contributed by atoms with Gasteiger partial charge in [0, 0.05) is 7.05 Å². The lowest BCUT2D eigenvalue weighted by Gasteiger charge is -2.31. The molecule has 0 spiro atoms. The van der Waals surface area contributed by atoms with Crippen LogP contribution in [0.1, 0.15) is 37.9 Å². The van der Waals surface area contributed by atoms with Crippen LogP contribution in [0, 0.1) is 0 Å². The Morgan fingerprint density at radius 3 is 2.22 bits per heavy atom. The van der Waals surface area contributed by atoms with Crippen molar-refractivity contribution in [2.75, 3.05) is 14.2 Å². The molecule has 0 fully saturated rings. The highest BCUT2D eigenvalue weighted by Gasteiger charge is 2.33. The predicted molar refractivity (Wildman–Crippen MR) is 86.6 cm³/mol. The van der Waals surface area contributed by atoms with Crippen molar-refractivity contribution in [3.05, 3.63) is 42.0 Å². The van der Waals surface area contributed by atoms with Crippen molar-refractivity contribution in [2.45, 2.75) is 37.7 Å². The minimum atomic E-state index is -4.49. The van der Waals surface area contributed by atoms with Gasteiger partial charge in [-0.05, 0) is 44.5 Å². The Morgan fingerprint density at radius 2 is 1.83 bits per heavy atom. The van der Waals surface area contributed by atoms with E-state index in [1.165, 1.54) is 23.6 Å². The molecule has 1 unspecified atom stereocenters. The number of rotatable bonds is 5. The smallest absolute Gasteiger partial charge is 0.416 e. The molecule has 1 aromatic rings. The van der Waals surface area contributed by atoms with E-state index in [0.717, 1.165) is 12.1 Å². The molecule has 0 aromatic heterocycles. The van der Waals surface area contributed by atoms with Crippen LogP contribution in [0.4, 0.5) is 13.2 Å². The normalized spacial score (nSPS) is 15.3. The molecule has 0 amide bonds. The minimum Gasteiger partial charge on any atom is -0.497 e. The van der Waals surface area contributed by atoms with Crippen LogP contribution >= 0.6 is 0 Å². The van der Waals surface area contributed by atoms with Gasteiger partial charge in [-0.3, -0.25) is 0 Å². The molecule has 0 radical (unpaired) electrons. The summed E-state index contributed by atoms with van der Waals surface area (Å²) in [5.74, 6) is 0.0941. The summed E-state index contributed by atoms with van der Waals surface area (Å²) in [5, 5.41) is 0. The molecule has 7 heteroatoms. The lowest BCUT2D eigenvalue weighted by Crippen LogP contribution is -2.36. The Morgan fingerprint density at radius 1 is 1.26 bits per heavy atom. The van der Waals surface area contributed by atoms with Gasteiger partial charge in [0.2, 0.25) is 0 Å². The third-order valence-electron chi connectivity index (χ3n) is 3.23. The summed E-state index contributed by atoms with van der Waals surface area (Å²) in [4.78, 5) is 0. The molecule has 0 saturated carbocycles. The average molecular weight is 349 g/mol. The molecule has 0 aliphatic rings. The summed E-state index contributed by atoms with van der Waals surface area (Å²) in [6, 6.07) is 2.83. The third-order valence-corrected chi connectivity index (χ3v) is 5.03. The van der Waals surface area contributed by atoms with E-state index in [1.807, 2.05) is 0 Å². The Bertz CT molecular complexity index is 594. The lowest BCUT2D eigenvalue weighted by atomic mass is 10.0. The number of methoxy groups -OCH3 is 1. The quantitative estimate of drug-likeness (QED) is 0.740. The van der Waals surface area contributed by atoms with Crippen LogP contribution in [-0.4, -0.2) is 27.4 Å². The predicted octanol–water partition coefficient (Wildman–Crippen LogP) is 4.34. The van der Waals surface area contributed by atoms with Gasteiger partial charge in [0.1, 0.15) is 16.7 Å². The Balaban J connectivity index is 3.35. The van der Waals surface area contributed by atoms with Gasteiger partial charge in [-0.1, -0.05) is 6.08 Å². The summed E-state index contributed by atoms with van der Waals surface area (Å²) in [6.45, 7) is 9.07. The Hall–Kier alpha value is -1.34. The van der Waals surface area contributed by atoms with Crippen molar-refractivity contribution in [1.82, 2.24) is 4.31 Å². The van der Waals surface area contributed by atoms with Crippen LogP contribution in [0.15, 0.2) is 30.9 Å². The highest BCUT2D eigenvalue weighted by atomic mass is 32.2. The number of hydrogen-bond donors (Lipinski definition) is 0. The largest absolute Gasteiger partial charge is 0.497 e. The molecule has 23 heavy (non-hydrogen) atoms. The van der Waals surface area contributed by atoms with Gasteiger partial charge in [-0.15, -0.1) is 6.58 Å².